The molecule has 0 fully saturated rings. The van der Waals surface area contributed by atoms with Crippen LogP contribution >= 0.6 is 20.4 Å². The van der Waals surface area contributed by atoms with Crippen LogP contribution in [0, 0.1) is 0 Å². The highest BCUT2D eigenvalue weighted by molar-refractivity contribution is 8.00. The van der Waals surface area contributed by atoms with Crippen LogP contribution in [-0.4, -0.2) is 42.2 Å². The summed E-state index contributed by atoms with van der Waals surface area (Å²) in [6.45, 7) is 3.33. The molecule has 0 bridgehead atoms. The molecular weight excluding hydrogens is 409 g/mol. The largest absolute Gasteiger partial charge is 0.462 e. The SMILES string of the molecule is CC.O=POCCSC(F)(F)C(F)OC(F)(F)C(F)(F)C(F)(F)F. The third-order valence-corrected chi connectivity index (χ3v) is 2.99. The van der Waals surface area contributed by atoms with Gasteiger partial charge in [0, 0.05) is 5.75 Å². The number of ether oxygens (including phenoxy) is 1. The van der Waals surface area contributed by atoms with Gasteiger partial charge in [-0.2, -0.15) is 39.5 Å². The molecule has 0 aliphatic carbocycles. The van der Waals surface area contributed by atoms with Crippen molar-refractivity contribution in [3.05, 3.63) is 0 Å². The Bertz CT molecular complexity index is 379. The van der Waals surface area contributed by atoms with Crippen LogP contribution in [-0.2, 0) is 13.8 Å². The van der Waals surface area contributed by atoms with E-state index in [1.807, 2.05) is 13.8 Å². The molecule has 0 saturated carbocycles. The Labute approximate surface area is 135 Å². The maximum atomic E-state index is 12.9. The van der Waals surface area contributed by atoms with Crippen molar-refractivity contribution < 1.29 is 57.7 Å². The standard InChI is InChI=1S/C7H5F10O3PS.C2H6/c8-3(4(9,10)22-2-1-19-21-18)20-7(16,17)5(11,12)6(13,14)15;1-2/h3H,1-2H2;1-2H3. The summed E-state index contributed by atoms with van der Waals surface area (Å²) in [6, 6.07) is 0. The van der Waals surface area contributed by atoms with E-state index < -0.39 is 62.6 Å². The molecule has 0 heterocycles. The third kappa shape index (κ3) is 7.28. The molecule has 0 aromatic rings. The molecule has 0 amide bonds. The molecule has 3 nitrogen and oxygen atoms in total. The fourth-order valence-corrected chi connectivity index (χ4v) is 1.66. The van der Waals surface area contributed by atoms with Crippen molar-refractivity contribution >= 4 is 20.4 Å². The van der Waals surface area contributed by atoms with Gasteiger partial charge in [0.05, 0.1) is 6.61 Å². The van der Waals surface area contributed by atoms with E-state index in [1.54, 1.807) is 0 Å². The average molecular weight is 420 g/mol. The van der Waals surface area contributed by atoms with Crippen molar-refractivity contribution in [2.75, 3.05) is 12.4 Å². The molecule has 1 unspecified atom stereocenters. The quantitative estimate of drug-likeness (QED) is 0.274. The minimum absolute atomic E-state index is 0.673. The van der Waals surface area contributed by atoms with Crippen molar-refractivity contribution in [1.82, 2.24) is 0 Å². The Balaban J connectivity index is 0. The van der Waals surface area contributed by atoms with Crippen LogP contribution in [0.25, 0.3) is 0 Å². The second kappa shape index (κ2) is 9.97. The van der Waals surface area contributed by atoms with E-state index in [0.29, 0.717) is 0 Å². The fraction of sp³-hybridized carbons (Fsp3) is 1.00. The van der Waals surface area contributed by atoms with Gasteiger partial charge in [-0.3, -0.25) is 9.26 Å². The predicted molar refractivity (Wildman–Crippen MR) is 64.2 cm³/mol. The molecule has 1 atom stereocenters. The van der Waals surface area contributed by atoms with E-state index in [-0.39, 0.29) is 0 Å². The smallest absolute Gasteiger partial charge is 0.294 e. The molecule has 0 spiro atoms. The number of alkyl halides is 10. The minimum Gasteiger partial charge on any atom is -0.294 e. The van der Waals surface area contributed by atoms with Crippen molar-refractivity contribution in [2.24, 2.45) is 0 Å². The molecule has 0 radical (unpaired) electrons. The van der Waals surface area contributed by atoms with E-state index >= 15 is 0 Å². The average Bonchev–Trinajstić information content (AvgIpc) is 2.44. The van der Waals surface area contributed by atoms with Crippen LogP contribution in [0.1, 0.15) is 13.8 Å². The summed E-state index contributed by atoms with van der Waals surface area (Å²) in [5.41, 5.74) is 0. The van der Waals surface area contributed by atoms with Gasteiger partial charge in [0.1, 0.15) is 0 Å². The van der Waals surface area contributed by atoms with Gasteiger partial charge in [-0.05, 0) is 0 Å². The van der Waals surface area contributed by atoms with Crippen molar-refractivity contribution in [3.8, 4) is 0 Å². The van der Waals surface area contributed by atoms with E-state index in [9.17, 15) is 48.5 Å². The summed E-state index contributed by atoms with van der Waals surface area (Å²) in [7, 11) is -0.928. The molecular formula is C9H11F10O3PS. The van der Waals surface area contributed by atoms with Crippen LogP contribution < -0.4 is 0 Å². The second-order valence-corrected chi connectivity index (χ2v) is 4.99. The molecule has 0 aromatic carbocycles. The summed E-state index contributed by atoms with van der Waals surface area (Å²) < 4.78 is 140. The third-order valence-electron chi connectivity index (χ3n) is 1.76. The summed E-state index contributed by atoms with van der Waals surface area (Å²) in [5, 5.41) is -4.88. The van der Waals surface area contributed by atoms with Gasteiger partial charge < -0.3 is 0 Å². The van der Waals surface area contributed by atoms with Crippen molar-refractivity contribution in [2.45, 2.75) is 43.7 Å². The van der Waals surface area contributed by atoms with Crippen LogP contribution in [0.5, 0.6) is 0 Å². The fourth-order valence-electron chi connectivity index (χ4n) is 0.755. The molecule has 24 heavy (non-hydrogen) atoms. The molecule has 0 saturated heterocycles. The first-order valence-electron chi connectivity index (χ1n) is 5.79. The molecule has 15 heteroatoms. The number of rotatable bonds is 9. The summed E-state index contributed by atoms with van der Waals surface area (Å²) in [5.74, 6) is -7.72. The topological polar surface area (TPSA) is 35.5 Å². The molecule has 146 valence electrons. The van der Waals surface area contributed by atoms with Gasteiger partial charge >= 0.3 is 32.1 Å². The lowest BCUT2D eigenvalue weighted by Gasteiger charge is -2.30. The number of hydrogen-bond donors (Lipinski definition) is 0. The van der Waals surface area contributed by atoms with E-state index in [0.717, 1.165) is 0 Å². The van der Waals surface area contributed by atoms with Crippen LogP contribution in [0.2, 0.25) is 0 Å². The lowest BCUT2D eigenvalue weighted by Crippen LogP contribution is -2.55. The van der Waals surface area contributed by atoms with Crippen LogP contribution in [0.15, 0.2) is 0 Å². The maximum absolute atomic E-state index is 12.9. The Hall–Kier alpha value is -0.330. The van der Waals surface area contributed by atoms with Crippen LogP contribution in [0.4, 0.5) is 43.9 Å². The highest BCUT2D eigenvalue weighted by Crippen LogP contribution is 2.49. The number of hydrogen-bond acceptors (Lipinski definition) is 4. The van der Waals surface area contributed by atoms with Crippen molar-refractivity contribution in [3.63, 3.8) is 0 Å². The predicted octanol–water partition coefficient (Wildman–Crippen LogP) is 5.66. The van der Waals surface area contributed by atoms with Gasteiger partial charge in [0.25, 0.3) is 6.36 Å². The van der Waals surface area contributed by atoms with E-state index in [2.05, 4.69) is 9.26 Å². The Morgan fingerprint density at radius 1 is 1.00 bits per heavy atom. The summed E-state index contributed by atoms with van der Waals surface area (Å²) in [6.07, 6.45) is -17.9. The second-order valence-electron chi connectivity index (χ2n) is 3.34. The number of thioether (sulfide) groups is 1. The van der Waals surface area contributed by atoms with Crippen LogP contribution in [0.3, 0.4) is 0 Å². The Morgan fingerprint density at radius 3 is 1.83 bits per heavy atom. The molecule has 0 aliphatic heterocycles. The van der Waals surface area contributed by atoms with Crippen molar-refractivity contribution in [1.29, 1.82) is 0 Å². The zero-order valence-electron chi connectivity index (χ0n) is 11.9. The normalized spacial score (nSPS) is 15.0. The Morgan fingerprint density at radius 2 is 1.46 bits per heavy atom. The van der Waals surface area contributed by atoms with Gasteiger partial charge in [0.15, 0.2) is 0 Å². The lowest BCUT2D eigenvalue weighted by atomic mass is 10.3. The first-order valence-corrected chi connectivity index (χ1v) is 7.51. The van der Waals surface area contributed by atoms with E-state index in [1.165, 1.54) is 0 Å². The molecule has 0 rings (SSSR count). The molecule has 0 N–H and O–H groups in total. The zero-order valence-corrected chi connectivity index (χ0v) is 13.6. The summed E-state index contributed by atoms with van der Waals surface area (Å²) in [4.78, 5) is 0. The minimum atomic E-state index is -6.88. The maximum Gasteiger partial charge on any atom is 0.462 e. The highest BCUT2D eigenvalue weighted by Gasteiger charge is 2.75. The van der Waals surface area contributed by atoms with Gasteiger partial charge in [-0.25, -0.2) is 8.96 Å². The van der Waals surface area contributed by atoms with Gasteiger partial charge in [-0.15, -0.1) is 0 Å². The monoisotopic (exact) mass is 420 g/mol. The highest BCUT2D eigenvalue weighted by atomic mass is 32.2. The first kappa shape index (κ1) is 25.9. The number of halogens is 10. The first-order chi connectivity index (χ1) is 10.7. The molecule has 0 aromatic heterocycles. The molecule has 0 aliphatic rings. The lowest BCUT2D eigenvalue weighted by molar-refractivity contribution is -0.446. The van der Waals surface area contributed by atoms with Gasteiger partial charge in [0.2, 0.25) is 0 Å². The zero-order chi connectivity index (χ0) is 19.8. The van der Waals surface area contributed by atoms with E-state index in [4.69, 9.17) is 0 Å². The summed E-state index contributed by atoms with van der Waals surface area (Å²) >= 11 is -0.776. The Kier molecular flexibility index (Phi) is 10.8. The van der Waals surface area contributed by atoms with Gasteiger partial charge in [-0.1, -0.05) is 25.6 Å².